The highest BCUT2D eigenvalue weighted by Gasteiger charge is 2.28. The van der Waals surface area contributed by atoms with Gasteiger partial charge in [0.2, 0.25) is 0 Å². The first kappa shape index (κ1) is 14.1. The predicted octanol–water partition coefficient (Wildman–Crippen LogP) is 4.56. The average molecular weight is 272 g/mol. The number of rotatable bonds is 5. The molecule has 2 aromatic carbocycles. The van der Waals surface area contributed by atoms with Gasteiger partial charge in [0.05, 0.1) is 15.2 Å². The molecule has 0 bridgehead atoms. The van der Waals surface area contributed by atoms with Gasteiger partial charge in [0.1, 0.15) is 5.75 Å². The van der Waals surface area contributed by atoms with Crippen molar-refractivity contribution in [2.75, 3.05) is 7.11 Å². The molecule has 2 aromatic rings. The molecule has 2 heteroatoms. The van der Waals surface area contributed by atoms with Gasteiger partial charge in [-0.3, -0.25) is 0 Å². The molecule has 1 nitrogen and oxygen atoms in total. The van der Waals surface area contributed by atoms with Crippen molar-refractivity contribution < 1.29 is 4.74 Å². The van der Waals surface area contributed by atoms with Crippen LogP contribution in [0.1, 0.15) is 20.8 Å². The van der Waals surface area contributed by atoms with E-state index in [4.69, 9.17) is 4.74 Å². The highest BCUT2D eigenvalue weighted by molar-refractivity contribution is 6.91. The van der Waals surface area contributed by atoms with E-state index >= 15 is 0 Å². The maximum absolute atomic E-state index is 5.34. The topological polar surface area (TPSA) is 9.23 Å². The Kier molecular flexibility index (Phi) is 4.30. The molecule has 0 N–H and O–H groups in total. The van der Waals surface area contributed by atoms with Crippen LogP contribution in [-0.2, 0) is 0 Å². The molecular weight excluding hydrogens is 248 g/mol. The third kappa shape index (κ3) is 2.55. The summed E-state index contributed by atoms with van der Waals surface area (Å²) in [5.41, 5.74) is 0. The zero-order chi connectivity index (χ0) is 13.9. The number of hydrogen-bond acceptors (Lipinski definition) is 1. The van der Waals surface area contributed by atoms with Crippen LogP contribution in [0.2, 0.25) is 18.1 Å². The Morgan fingerprint density at radius 3 is 2.05 bits per heavy atom. The summed E-state index contributed by atoms with van der Waals surface area (Å²) in [6.45, 7) is 7.07. The number of fused-ring (bicyclic) bond motifs is 1. The van der Waals surface area contributed by atoms with E-state index in [1.807, 2.05) is 6.07 Å². The van der Waals surface area contributed by atoms with E-state index in [0.29, 0.717) is 0 Å². The van der Waals surface area contributed by atoms with E-state index < -0.39 is 8.07 Å². The summed E-state index contributed by atoms with van der Waals surface area (Å²) in [6.07, 6.45) is 0. The second-order valence-electron chi connectivity index (χ2n) is 5.27. The Morgan fingerprint density at radius 1 is 0.842 bits per heavy atom. The van der Waals surface area contributed by atoms with E-state index in [-0.39, 0.29) is 0 Å². The average Bonchev–Trinajstić information content (AvgIpc) is 2.49. The molecule has 0 saturated carbocycles. The number of hydrogen-bond donors (Lipinski definition) is 0. The summed E-state index contributed by atoms with van der Waals surface area (Å²) < 4.78 is 5.34. The first-order valence-electron chi connectivity index (χ1n) is 7.27. The van der Waals surface area contributed by atoms with Crippen molar-refractivity contribution in [1.82, 2.24) is 0 Å². The molecule has 0 heterocycles. The minimum Gasteiger partial charge on any atom is -0.497 e. The highest BCUT2D eigenvalue weighted by Crippen LogP contribution is 2.24. The van der Waals surface area contributed by atoms with Crippen LogP contribution in [0.5, 0.6) is 5.75 Å². The van der Waals surface area contributed by atoms with E-state index in [1.54, 1.807) is 12.3 Å². The molecule has 0 spiro atoms. The van der Waals surface area contributed by atoms with Gasteiger partial charge in [0.15, 0.2) is 0 Å². The summed E-state index contributed by atoms with van der Waals surface area (Å²) in [6, 6.07) is 17.3. The minimum atomic E-state index is -1.28. The van der Waals surface area contributed by atoms with Gasteiger partial charge in [-0.1, -0.05) is 68.4 Å². The van der Waals surface area contributed by atoms with Gasteiger partial charge in [0.25, 0.3) is 0 Å². The fraction of sp³-hybridized carbons (Fsp3) is 0.412. The standard InChI is InChI=1S/C17H24OSi/c1-5-19(6-2,7-3)17-11-9-14-8-10-16(18-4)12-15(14)13-17/h8-13H,5-7H2,1-4H3. The summed E-state index contributed by atoms with van der Waals surface area (Å²) in [5, 5.41) is 4.21. The molecule has 19 heavy (non-hydrogen) atoms. The maximum atomic E-state index is 5.34. The first-order chi connectivity index (χ1) is 9.19. The smallest absolute Gasteiger partial charge is 0.119 e. The molecule has 2 rings (SSSR count). The van der Waals surface area contributed by atoms with Crippen molar-refractivity contribution in [3.63, 3.8) is 0 Å². The lowest BCUT2D eigenvalue weighted by Gasteiger charge is -2.29. The van der Waals surface area contributed by atoms with Crippen molar-refractivity contribution in [1.29, 1.82) is 0 Å². The van der Waals surface area contributed by atoms with Gasteiger partial charge in [-0.2, -0.15) is 0 Å². The van der Waals surface area contributed by atoms with Crippen LogP contribution in [0.25, 0.3) is 10.8 Å². The molecular formula is C17H24OSi. The lowest BCUT2D eigenvalue weighted by molar-refractivity contribution is 0.415. The number of methoxy groups -OCH3 is 1. The van der Waals surface area contributed by atoms with Crippen LogP contribution >= 0.6 is 0 Å². The Morgan fingerprint density at radius 2 is 1.47 bits per heavy atom. The monoisotopic (exact) mass is 272 g/mol. The Bertz CT molecular complexity index is 550. The van der Waals surface area contributed by atoms with Crippen molar-refractivity contribution in [3.8, 4) is 5.75 Å². The van der Waals surface area contributed by atoms with Crippen LogP contribution in [-0.4, -0.2) is 15.2 Å². The molecule has 0 radical (unpaired) electrons. The molecule has 0 amide bonds. The second kappa shape index (κ2) is 5.79. The third-order valence-electron chi connectivity index (χ3n) is 4.69. The molecule has 0 aliphatic heterocycles. The number of benzene rings is 2. The molecule has 0 atom stereocenters. The minimum absolute atomic E-state index is 0.946. The van der Waals surface area contributed by atoms with Crippen LogP contribution in [0.4, 0.5) is 0 Å². The second-order valence-corrected chi connectivity index (χ2v) is 10.5. The molecule has 0 saturated heterocycles. The quantitative estimate of drug-likeness (QED) is 0.725. The van der Waals surface area contributed by atoms with Gasteiger partial charge in [-0.05, 0) is 22.9 Å². The number of ether oxygens (including phenoxy) is 1. The maximum Gasteiger partial charge on any atom is 0.119 e. The summed E-state index contributed by atoms with van der Waals surface area (Å²) >= 11 is 0. The Balaban J connectivity index is 2.56. The molecule has 0 aliphatic rings. The van der Waals surface area contributed by atoms with Crippen LogP contribution < -0.4 is 9.92 Å². The summed E-state index contributed by atoms with van der Waals surface area (Å²) in [5.74, 6) is 0.946. The zero-order valence-electron chi connectivity index (χ0n) is 12.5. The fourth-order valence-corrected chi connectivity index (χ4v) is 6.67. The van der Waals surface area contributed by atoms with Gasteiger partial charge in [-0.25, -0.2) is 0 Å². The van der Waals surface area contributed by atoms with Crippen molar-refractivity contribution >= 4 is 24.0 Å². The summed E-state index contributed by atoms with van der Waals surface area (Å²) in [4.78, 5) is 0. The van der Waals surface area contributed by atoms with Gasteiger partial charge >= 0.3 is 0 Å². The molecule has 0 fully saturated rings. The van der Waals surface area contributed by atoms with Crippen molar-refractivity contribution in [3.05, 3.63) is 36.4 Å². The fourth-order valence-electron chi connectivity index (χ4n) is 3.04. The van der Waals surface area contributed by atoms with Crippen LogP contribution in [0, 0.1) is 0 Å². The van der Waals surface area contributed by atoms with E-state index in [0.717, 1.165) is 5.75 Å². The highest BCUT2D eigenvalue weighted by atomic mass is 28.3. The molecule has 0 aliphatic carbocycles. The van der Waals surface area contributed by atoms with Crippen LogP contribution in [0.15, 0.2) is 36.4 Å². The lowest BCUT2D eigenvalue weighted by Crippen LogP contribution is -2.45. The SMILES string of the molecule is CC[Si](CC)(CC)c1ccc2ccc(OC)cc2c1. The Hall–Kier alpha value is -1.28. The lowest BCUT2D eigenvalue weighted by atomic mass is 10.1. The van der Waals surface area contributed by atoms with Crippen molar-refractivity contribution in [2.45, 2.75) is 38.9 Å². The van der Waals surface area contributed by atoms with E-state index in [9.17, 15) is 0 Å². The van der Waals surface area contributed by atoms with E-state index in [2.05, 4.69) is 51.1 Å². The summed E-state index contributed by atoms with van der Waals surface area (Å²) in [7, 11) is 0.451. The third-order valence-corrected chi connectivity index (χ3v) is 10.3. The van der Waals surface area contributed by atoms with Gasteiger partial charge < -0.3 is 4.74 Å². The van der Waals surface area contributed by atoms with Gasteiger partial charge in [0, 0.05) is 0 Å². The van der Waals surface area contributed by atoms with Crippen LogP contribution in [0.3, 0.4) is 0 Å². The Labute approximate surface area is 117 Å². The molecule has 102 valence electrons. The first-order valence-corrected chi connectivity index (χ1v) is 9.89. The molecule has 0 aromatic heterocycles. The molecule has 0 unspecified atom stereocenters. The predicted molar refractivity (Wildman–Crippen MR) is 87.3 cm³/mol. The zero-order valence-corrected chi connectivity index (χ0v) is 13.5. The normalized spacial score (nSPS) is 11.8. The van der Waals surface area contributed by atoms with Crippen molar-refractivity contribution in [2.24, 2.45) is 0 Å². The van der Waals surface area contributed by atoms with Gasteiger partial charge in [-0.15, -0.1) is 0 Å². The largest absolute Gasteiger partial charge is 0.497 e. The van der Waals surface area contributed by atoms with E-state index in [1.165, 1.54) is 28.9 Å².